The van der Waals surface area contributed by atoms with E-state index < -0.39 is 0 Å². The monoisotopic (exact) mass is 430 g/mol. The fourth-order valence-corrected chi connectivity index (χ4v) is 3.25. The molecule has 0 atom stereocenters. The quantitative estimate of drug-likeness (QED) is 0.507. The topological polar surface area (TPSA) is 60.4 Å². The first kappa shape index (κ1) is 21.6. The maximum atomic E-state index is 12.2. The van der Waals surface area contributed by atoms with E-state index in [0.29, 0.717) is 32.1 Å². The van der Waals surface area contributed by atoms with Crippen LogP contribution in [0.25, 0.3) is 0 Å². The number of hydrogen-bond acceptors (Lipinski definition) is 5. The van der Waals surface area contributed by atoms with Crippen LogP contribution in [0.4, 0.5) is 5.69 Å². The molecule has 0 aromatic heterocycles. The Labute approximate surface area is 188 Å². The Kier molecular flexibility index (Phi) is 7.15. The Morgan fingerprint density at radius 1 is 0.969 bits per heavy atom. The maximum absolute atomic E-state index is 12.2. The average Bonchev–Trinajstić information content (AvgIpc) is 2.85. The number of carbonyl (C=O) groups is 1. The lowest BCUT2D eigenvalue weighted by Gasteiger charge is -2.26. The highest BCUT2D eigenvalue weighted by molar-refractivity contribution is 5.82. The van der Waals surface area contributed by atoms with Crippen LogP contribution in [-0.2, 0) is 9.53 Å². The van der Waals surface area contributed by atoms with E-state index in [9.17, 15) is 4.79 Å². The van der Waals surface area contributed by atoms with Crippen LogP contribution in [0.2, 0.25) is 0 Å². The summed E-state index contributed by atoms with van der Waals surface area (Å²) in [5.41, 5.74) is 2.86. The number of hydrogen-bond donors (Lipinski definition) is 0. The summed E-state index contributed by atoms with van der Waals surface area (Å²) >= 11 is 0. The molecule has 0 spiro atoms. The lowest BCUT2D eigenvalue weighted by Crippen LogP contribution is -2.42. The van der Waals surface area contributed by atoms with Crippen molar-refractivity contribution in [1.82, 2.24) is 4.90 Å². The summed E-state index contributed by atoms with van der Waals surface area (Å²) in [6.45, 7) is 4.47. The molecule has 1 heterocycles. The highest BCUT2D eigenvalue weighted by Gasteiger charge is 2.17. The molecule has 3 aromatic carbocycles. The van der Waals surface area contributed by atoms with Crippen molar-refractivity contribution >= 4 is 17.8 Å². The van der Waals surface area contributed by atoms with Gasteiger partial charge in [0, 0.05) is 19.3 Å². The van der Waals surface area contributed by atoms with Crippen molar-refractivity contribution in [3.63, 3.8) is 0 Å². The summed E-state index contributed by atoms with van der Waals surface area (Å²) in [6, 6.07) is 23.1. The van der Waals surface area contributed by atoms with Crippen molar-refractivity contribution in [1.29, 1.82) is 0 Å². The minimum Gasteiger partial charge on any atom is -0.484 e. The normalized spacial score (nSPS) is 13.8. The number of rotatable bonds is 7. The van der Waals surface area contributed by atoms with Crippen LogP contribution in [0, 0.1) is 6.92 Å². The van der Waals surface area contributed by atoms with Crippen LogP contribution < -0.4 is 9.47 Å². The van der Waals surface area contributed by atoms with Crippen LogP contribution in [-0.4, -0.2) is 49.9 Å². The second-order valence-electron chi connectivity index (χ2n) is 7.47. The summed E-state index contributed by atoms with van der Waals surface area (Å²) < 4.78 is 16.8. The molecule has 1 fully saturated rings. The van der Waals surface area contributed by atoms with E-state index >= 15 is 0 Å². The molecule has 164 valence electrons. The highest BCUT2D eigenvalue weighted by atomic mass is 16.5. The van der Waals surface area contributed by atoms with E-state index in [0.717, 1.165) is 28.3 Å². The molecule has 1 aliphatic heterocycles. The number of para-hydroxylation sites is 1. The first-order chi connectivity index (χ1) is 15.7. The zero-order valence-electron chi connectivity index (χ0n) is 18.1. The number of ether oxygens (including phenoxy) is 3. The van der Waals surface area contributed by atoms with E-state index in [4.69, 9.17) is 14.2 Å². The summed E-state index contributed by atoms with van der Waals surface area (Å²) in [7, 11) is 0. The molecule has 0 bridgehead atoms. The summed E-state index contributed by atoms with van der Waals surface area (Å²) in [4.78, 5) is 18.4. The number of benzene rings is 3. The molecule has 1 amide bonds. The van der Waals surface area contributed by atoms with Crippen LogP contribution in [0.1, 0.15) is 11.1 Å². The number of amides is 1. The SMILES string of the molecule is Cc1ccccc1Oc1ccc(N=Cc2ccc(OCC(=O)N3CCOCC3)cc2)cc1. The van der Waals surface area contributed by atoms with Crippen LogP contribution in [0.3, 0.4) is 0 Å². The largest absolute Gasteiger partial charge is 0.484 e. The van der Waals surface area contributed by atoms with Gasteiger partial charge in [0.05, 0.1) is 18.9 Å². The van der Waals surface area contributed by atoms with E-state index in [2.05, 4.69) is 4.99 Å². The third-order valence-corrected chi connectivity index (χ3v) is 5.13. The van der Waals surface area contributed by atoms with Crippen molar-refractivity contribution in [3.8, 4) is 17.2 Å². The first-order valence-corrected chi connectivity index (χ1v) is 10.6. The van der Waals surface area contributed by atoms with Gasteiger partial charge in [-0.1, -0.05) is 18.2 Å². The van der Waals surface area contributed by atoms with Crippen LogP contribution in [0.15, 0.2) is 77.8 Å². The molecule has 1 saturated heterocycles. The van der Waals surface area contributed by atoms with Gasteiger partial charge in [-0.25, -0.2) is 0 Å². The summed E-state index contributed by atoms with van der Waals surface area (Å²) in [5.74, 6) is 2.25. The number of morpholine rings is 1. The summed E-state index contributed by atoms with van der Waals surface area (Å²) in [5, 5.41) is 0. The van der Waals surface area contributed by atoms with E-state index in [1.54, 1.807) is 11.1 Å². The minimum absolute atomic E-state index is 0.0196. The van der Waals surface area contributed by atoms with Crippen molar-refractivity contribution in [2.24, 2.45) is 4.99 Å². The van der Waals surface area contributed by atoms with Gasteiger partial charge in [-0.3, -0.25) is 9.79 Å². The standard InChI is InChI=1S/C26H26N2O4/c1-20-4-2-3-5-25(20)32-24-12-8-22(9-13-24)27-18-21-6-10-23(11-7-21)31-19-26(29)28-14-16-30-17-15-28/h2-13,18H,14-17,19H2,1H3. The minimum atomic E-state index is -0.0196. The second-order valence-corrected chi connectivity index (χ2v) is 7.47. The highest BCUT2D eigenvalue weighted by Crippen LogP contribution is 2.26. The van der Waals surface area contributed by atoms with Gasteiger partial charge >= 0.3 is 0 Å². The maximum Gasteiger partial charge on any atom is 0.260 e. The molecule has 1 aliphatic rings. The molecule has 4 rings (SSSR count). The lowest BCUT2D eigenvalue weighted by atomic mass is 10.2. The Morgan fingerprint density at radius 2 is 1.66 bits per heavy atom. The molecule has 0 aliphatic carbocycles. The predicted molar refractivity (Wildman–Crippen MR) is 124 cm³/mol. The van der Waals surface area contributed by atoms with Crippen LogP contribution >= 0.6 is 0 Å². The zero-order valence-corrected chi connectivity index (χ0v) is 18.1. The lowest BCUT2D eigenvalue weighted by molar-refractivity contribution is -0.137. The molecule has 32 heavy (non-hydrogen) atoms. The number of aliphatic imine (C=N–C) groups is 1. The van der Waals surface area contributed by atoms with Gasteiger partial charge in [-0.05, 0) is 72.6 Å². The Balaban J connectivity index is 1.28. The van der Waals surface area contributed by atoms with Crippen molar-refractivity contribution in [3.05, 3.63) is 83.9 Å². The molecule has 0 N–H and O–H groups in total. The average molecular weight is 431 g/mol. The molecule has 0 radical (unpaired) electrons. The molecule has 0 saturated carbocycles. The van der Waals surface area contributed by atoms with E-state index in [-0.39, 0.29) is 12.5 Å². The van der Waals surface area contributed by atoms with Gasteiger partial charge in [0.15, 0.2) is 6.61 Å². The summed E-state index contributed by atoms with van der Waals surface area (Å²) in [6.07, 6.45) is 1.79. The molecule has 3 aromatic rings. The molecule has 0 unspecified atom stereocenters. The van der Waals surface area contributed by atoms with Gasteiger partial charge in [-0.15, -0.1) is 0 Å². The zero-order chi connectivity index (χ0) is 22.2. The van der Waals surface area contributed by atoms with Gasteiger partial charge in [0.1, 0.15) is 17.2 Å². The van der Waals surface area contributed by atoms with Crippen molar-refractivity contribution in [2.45, 2.75) is 6.92 Å². The van der Waals surface area contributed by atoms with Gasteiger partial charge < -0.3 is 19.1 Å². The molecular weight excluding hydrogens is 404 g/mol. The Hall–Kier alpha value is -3.64. The number of aryl methyl sites for hydroxylation is 1. The molecule has 6 nitrogen and oxygen atoms in total. The van der Waals surface area contributed by atoms with Crippen molar-refractivity contribution in [2.75, 3.05) is 32.9 Å². The van der Waals surface area contributed by atoms with E-state index in [1.165, 1.54) is 0 Å². The van der Waals surface area contributed by atoms with Gasteiger partial charge in [0.25, 0.3) is 5.91 Å². The first-order valence-electron chi connectivity index (χ1n) is 10.6. The third kappa shape index (κ3) is 5.95. The molecular formula is C26H26N2O4. The fourth-order valence-electron chi connectivity index (χ4n) is 3.25. The van der Waals surface area contributed by atoms with E-state index in [1.807, 2.05) is 79.7 Å². The third-order valence-electron chi connectivity index (χ3n) is 5.13. The van der Waals surface area contributed by atoms with Gasteiger partial charge in [0.2, 0.25) is 0 Å². The molecule has 6 heteroatoms. The Morgan fingerprint density at radius 3 is 2.38 bits per heavy atom. The Bertz CT molecular complexity index is 1060. The van der Waals surface area contributed by atoms with Gasteiger partial charge in [-0.2, -0.15) is 0 Å². The fraction of sp³-hybridized carbons (Fsp3) is 0.231. The van der Waals surface area contributed by atoms with Crippen molar-refractivity contribution < 1.29 is 19.0 Å². The smallest absolute Gasteiger partial charge is 0.260 e. The second kappa shape index (κ2) is 10.6. The predicted octanol–water partition coefficient (Wildman–Crippen LogP) is 4.78. The van der Waals surface area contributed by atoms with Crippen LogP contribution in [0.5, 0.6) is 17.2 Å². The number of carbonyl (C=O) groups excluding carboxylic acids is 1. The number of nitrogens with zero attached hydrogens (tertiary/aromatic N) is 2.